The Morgan fingerprint density at radius 3 is 3.29 bits per heavy atom. The molecule has 0 spiro atoms. The summed E-state index contributed by atoms with van der Waals surface area (Å²) in [5.74, 6) is 0.0768. The van der Waals surface area contributed by atoms with Crippen molar-refractivity contribution in [2.75, 3.05) is 19.8 Å². The summed E-state index contributed by atoms with van der Waals surface area (Å²) in [6, 6.07) is 3.95. The number of hydrogen-bond acceptors (Lipinski definition) is 3. The molecule has 1 aromatic heterocycles. The molecule has 0 fully saturated rings. The van der Waals surface area contributed by atoms with E-state index in [2.05, 4.69) is 4.98 Å². The summed E-state index contributed by atoms with van der Waals surface area (Å²) < 4.78 is 5.28. The highest BCUT2D eigenvalue weighted by Crippen LogP contribution is 2.16. The van der Waals surface area contributed by atoms with E-state index < -0.39 is 0 Å². The lowest BCUT2D eigenvalue weighted by Crippen LogP contribution is -2.38. The molecule has 0 saturated heterocycles. The third kappa shape index (κ3) is 3.03. The fourth-order valence-corrected chi connectivity index (χ4v) is 1.97. The largest absolute Gasteiger partial charge is 0.372 e. The Labute approximate surface area is 102 Å². The molecule has 0 aromatic carbocycles. The van der Waals surface area contributed by atoms with Gasteiger partial charge in [-0.3, -0.25) is 9.78 Å². The van der Waals surface area contributed by atoms with E-state index in [1.54, 1.807) is 6.20 Å². The van der Waals surface area contributed by atoms with Crippen LogP contribution in [0.25, 0.3) is 0 Å². The van der Waals surface area contributed by atoms with Crippen molar-refractivity contribution in [1.82, 2.24) is 9.88 Å². The minimum Gasteiger partial charge on any atom is -0.372 e. The maximum atomic E-state index is 11.9. The molecular weight excluding hydrogens is 216 g/mol. The molecule has 92 valence electrons. The highest BCUT2D eigenvalue weighted by atomic mass is 16.5. The summed E-state index contributed by atoms with van der Waals surface area (Å²) in [5.41, 5.74) is 2.27. The third-order valence-electron chi connectivity index (χ3n) is 2.89. The van der Waals surface area contributed by atoms with Crippen molar-refractivity contribution in [3.05, 3.63) is 29.6 Å². The van der Waals surface area contributed by atoms with Crippen LogP contribution in [-0.2, 0) is 22.5 Å². The average Bonchev–Trinajstić information content (AvgIpc) is 2.38. The number of carbonyl (C=O) groups excluding carboxylic acids is 1. The number of rotatable bonds is 4. The molecule has 17 heavy (non-hydrogen) atoms. The quantitative estimate of drug-likeness (QED) is 0.739. The predicted molar refractivity (Wildman–Crippen MR) is 64.5 cm³/mol. The van der Waals surface area contributed by atoms with Crippen molar-refractivity contribution >= 4 is 5.91 Å². The van der Waals surface area contributed by atoms with Crippen LogP contribution in [0.5, 0.6) is 0 Å². The van der Waals surface area contributed by atoms with Crippen LogP contribution in [0.3, 0.4) is 0 Å². The number of pyridine rings is 1. The zero-order valence-corrected chi connectivity index (χ0v) is 10.2. The number of aromatic nitrogens is 1. The van der Waals surface area contributed by atoms with Crippen molar-refractivity contribution in [2.45, 2.75) is 26.3 Å². The first-order chi connectivity index (χ1) is 8.31. The van der Waals surface area contributed by atoms with Crippen molar-refractivity contribution in [2.24, 2.45) is 0 Å². The Kier molecular flexibility index (Phi) is 4.09. The standard InChI is InChI=1S/C13H18N2O2/c1-2-8-17-10-13(16)15-7-5-12-11(9-15)4-3-6-14-12/h3-4,6H,2,5,7-10H2,1H3. The molecule has 0 atom stereocenters. The molecule has 1 aromatic rings. The van der Waals surface area contributed by atoms with Gasteiger partial charge >= 0.3 is 0 Å². The molecular formula is C13H18N2O2. The summed E-state index contributed by atoms with van der Waals surface area (Å²) in [6.45, 7) is 4.30. The zero-order chi connectivity index (χ0) is 12.1. The van der Waals surface area contributed by atoms with E-state index in [1.165, 1.54) is 0 Å². The van der Waals surface area contributed by atoms with Crippen LogP contribution in [0.15, 0.2) is 18.3 Å². The van der Waals surface area contributed by atoms with E-state index in [0.29, 0.717) is 13.2 Å². The summed E-state index contributed by atoms with van der Waals surface area (Å²) in [6.07, 6.45) is 3.59. The second-order valence-electron chi connectivity index (χ2n) is 4.23. The molecule has 2 heterocycles. The number of carbonyl (C=O) groups is 1. The zero-order valence-electron chi connectivity index (χ0n) is 10.2. The normalized spacial score (nSPS) is 14.5. The van der Waals surface area contributed by atoms with Gasteiger partial charge in [0.1, 0.15) is 6.61 Å². The number of hydrogen-bond donors (Lipinski definition) is 0. The van der Waals surface area contributed by atoms with Crippen LogP contribution in [-0.4, -0.2) is 35.5 Å². The van der Waals surface area contributed by atoms with Gasteiger partial charge in [-0.25, -0.2) is 0 Å². The lowest BCUT2D eigenvalue weighted by atomic mass is 10.1. The second-order valence-corrected chi connectivity index (χ2v) is 4.23. The molecule has 1 amide bonds. The molecule has 4 nitrogen and oxygen atoms in total. The number of ether oxygens (including phenoxy) is 1. The monoisotopic (exact) mass is 234 g/mol. The Morgan fingerprint density at radius 1 is 1.59 bits per heavy atom. The topological polar surface area (TPSA) is 42.4 Å². The number of nitrogens with zero attached hydrogens (tertiary/aromatic N) is 2. The molecule has 0 aliphatic carbocycles. The smallest absolute Gasteiger partial charge is 0.248 e. The highest BCUT2D eigenvalue weighted by molar-refractivity contribution is 5.77. The van der Waals surface area contributed by atoms with Crippen LogP contribution >= 0.6 is 0 Å². The van der Waals surface area contributed by atoms with Gasteiger partial charge in [0.05, 0.1) is 0 Å². The minimum absolute atomic E-state index is 0.0768. The Hall–Kier alpha value is -1.42. The Bertz CT molecular complexity index is 393. The van der Waals surface area contributed by atoms with E-state index in [-0.39, 0.29) is 12.5 Å². The number of fused-ring (bicyclic) bond motifs is 1. The molecule has 2 rings (SSSR count). The summed E-state index contributed by atoms with van der Waals surface area (Å²) in [4.78, 5) is 18.0. The third-order valence-corrected chi connectivity index (χ3v) is 2.89. The molecule has 0 radical (unpaired) electrons. The van der Waals surface area contributed by atoms with Gasteiger partial charge in [0, 0.05) is 38.0 Å². The van der Waals surface area contributed by atoms with E-state index in [9.17, 15) is 4.79 Å². The molecule has 0 saturated carbocycles. The van der Waals surface area contributed by atoms with Crippen molar-refractivity contribution in [3.8, 4) is 0 Å². The van der Waals surface area contributed by atoms with Crippen LogP contribution < -0.4 is 0 Å². The van der Waals surface area contributed by atoms with E-state index in [0.717, 1.165) is 30.6 Å². The summed E-state index contributed by atoms with van der Waals surface area (Å²) in [5, 5.41) is 0. The molecule has 1 aliphatic heterocycles. The van der Waals surface area contributed by atoms with Crippen LogP contribution in [0.1, 0.15) is 24.6 Å². The Balaban J connectivity index is 1.91. The first-order valence-corrected chi connectivity index (χ1v) is 6.09. The molecule has 0 unspecified atom stereocenters. The first kappa shape index (κ1) is 12.0. The van der Waals surface area contributed by atoms with Gasteiger partial charge < -0.3 is 9.64 Å². The molecule has 0 bridgehead atoms. The maximum Gasteiger partial charge on any atom is 0.248 e. The SMILES string of the molecule is CCCOCC(=O)N1CCc2ncccc2C1. The van der Waals surface area contributed by atoms with Crippen molar-refractivity contribution in [3.63, 3.8) is 0 Å². The summed E-state index contributed by atoms with van der Waals surface area (Å²) in [7, 11) is 0. The van der Waals surface area contributed by atoms with Crippen molar-refractivity contribution in [1.29, 1.82) is 0 Å². The first-order valence-electron chi connectivity index (χ1n) is 6.09. The summed E-state index contributed by atoms with van der Waals surface area (Å²) >= 11 is 0. The van der Waals surface area contributed by atoms with Gasteiger partial charge in [-0.05, 0) is 18.1 Å². The average molecular weight is 234 g/mol. The van der Waals surface area contributed by atoms with E-state index >= 15 is 0 Å². The van der Waals surface area contributed by atoms with Crippen LogP contribution in [0.4, 0.5) is 0 Å². The van der Waals surface area contributed by atoms with Gasteiger partial charge in [-0.2, -0.15) is 0 Å². The van der Waals surface area contributed by atoms with Crippen molar-refractivity contribution < 1.29 is 9.53 Å². The maximum absolute atomic E-state index is 11.9. The molecule has 1 aliphatic rings. The molecule has 4 heteroatoms. The van der Waals surface area contributed by atoms with Gasteiger partial charge in [0.25, 0.3) is 0 Å². The van der Waals surface area contributed by atoms with Crippen LogP contribution in [0, 0.1) is 0 Å². The van der Waals surface area contributed by atoms with E-state index in [1.807, 2.05) is 24.0 Å². The lowest BCUT2D eigenvalue weighted by molar-refractivity contribution is -0.137. The van der Waals surface area contributed by atoms with Gasteiger partial charge in [-0.1, -0.05) is 13.0 Å². The fourth-order valence-electron chi connectivity index (χ4n) is 1.97. The molecule has 0 N–H and O–H groups in total. The Morgan fingerprint density at radius 2 is 2.47 bits per heavy atom. The lowest BCUT2D eigenvalue weighted by Gasteiger charge is -2.28. The number of amides is 1. The van der Waals surface area contributed by atoms with Gasteiger partial charge in [0.2, 0.25) is 5.91 Å². The van der Waals surface area contributed by atoms with Crippen LogP contribution in [0.2, 0.25) is 0 Å². The highest BCUT2D eigenvalue weighted by Gasteiger charge is 2.20. The minimum atomic E-state index is 0.0768. The van der Waals surface area contributed by atoms with Gasteiger partial charge in [0.15, 0.2) is 0 Å². The predicted octanol–water partition coefficient (Wildman–Crippen LogP) is 1.39. The second kappa shape index (κ2) is 5.77. The fraction of sp³-hybridized carbons (Fsp3) is 0.538. The van der Waals surface area contributed by atoms with Gasteiger partial charge in [-0.15, -0.1) is 0 Å². The van der Waals surface area contributed by atoms with E-state index in [4.69, 9.17) is 4.74 Å².